The van der Waals surface area contributed by atoms with Crippen LogP contribution in [-0.2, 0) is 14.4 Å². The molecule has 2 aromatic rings. The van der Waals surface area contributed by atoms with Crippen LogP contribution in [0.15, 0.2) is 42.5 Å². The summed E-state index contributed by atoms with van der Waals surface area (Å²) < 4.78 is 0. The second-order valence-electron chi connectivity index (χ2n) is 7.74. The van der Waals surface area contributed by atoms with E-state index in [-0.39, 0.29) is 23.5 Å². The molecule has 6 rings (SSSR count). The Bertz CT molecular complexity index is 993. The fraction of sp³-hybridized carbons (Fsp3) is 0.318. The van der Waals surface area contributed by atoms with E-state index in [9.17, 15) is 14.4 Å². The molecule has 0 radical (unpaired) electrons. The standard InChI is InChI=1S/C22H19NO3/c1-11-7-8-12(2)16(9-11)23-21(25)19-15-10-17(24)18(20(19)22(23)26)14-6-4-3-5-13(14)15/h3-9,15,18-20H,10H2,1-2H3. The SMILES string of the molecule is Cc1ccc(C)c(N2C(=O)C3C4CC(=O)C(c5ccccc54)C3C2=O)c1. The normalized spacial score (nSPS) is 29.2. The molecule has 3 aliphatic carbocycles. The molecule has 1 aliphatic heterocycles. The van der Waals surface area contributed by atoms with Crippen LogP contribution in [0.25, 0.3) is 0 Å². The Labute approximate surface area is 151 Å². The van der Waals surface area contributed by atoms with Crippen molar-refractivity contribution in [3.63, 3.8) is 0 Å². The average molecular weight is 345 g/mol. The summed E-state index contributed by atoms with van der Waals surface area (Å²) in [4.78, 5) is 40.7. The van der Waals surface area contributed by atoms with Gasteiger partial charge in [0.05, 0.1) is 23.4 Å². The second kappa shape index (κ2) is 5.13. The molecular weight excluding hydrogens is 326 g/mol. The number of ketones is 1. The molecule has 1 saturated heterocycles. The van der Waals surface area contributed by atoms with Gasteiger partial charge in [0, 0.05) is 12.3 Å². The summed E-state index contributed by atoms with van der Waals surface area (Å²) in [7, 11) is 0. The Balaban J connectivity index is 1.68. The summed E-state index contributed by atoms with van der Waals surface area (Å²) in [6.07, 6.45) is 0.364. The number of rotatable bonds is 1. The quantitative estimate of drug-likeness (QED) is 0.746. The minimum Gasteiger partial charge on any atom is -0.299 e. The maximum absolute atomic E-state index is 13.3. The van der Waals surface area contributed by atoms with Crippen LogP contribution >= 0.6 is 0 Å². The first kappa shape index (κ1) is 15.5. The van der Waals surface area contributed by atoms with Gasteiger partial charge in [0.15, 0.2) is 0 Å². The summed E-state index contributed by atoms with van der Waals surface area (Å²) in [5.41, 5.74) is 4.57. The first-order valence-electron chi connectivity index (χ1n) is 9.05. The first-order valence-corrected chi connectivity index (χ1v) is 9.05. The van der Waals surface area contributed by atoms with E-state index in [0.29, 0.717) is 12.1 Å². The zero-order chi connectivity index (χ0) is 18.2. The molecule has 4 atom stereocenters. The van der Waals surface area contributed by atoms with E-state index in [4.69, 9.17) is 0 Å². The lowest BCUT2D eigenvalue weighted by Gasteiger charge is -2.43. The Morgan fingerprint density at radius 3 is 2.35 bits per heavy atom. The number of fused-ring (bicyclic) bond motifs is 1. The highest BCUT2D eigenvalue weighted by molar-refractivity contribution is 6.25. The summed E-state index contributed by atoms with van der Waals surface area (Å²) >= 11 is 0. The molecule has 0 N–H and O–H groups in total. The van der Waals surface area contributed by atoms with Crippen LogP contribution < -0.4 is 4.90 Å². The fourth-order valence-electron chi connectivity index (χ4n) is 5.16. The molecule has 4 heteroatoms. The van der Waals surface area contributed by atoms with Crippen LogP contribution in [0.1, 0.15) is 40.5 Å². The fourth-order valence-corrected chi connectivity index (χ4v) is 5.16. The number of anilines is 1. The van der Waals surface area contributed by atoms with Crippen molar-refractivity contribution in [2.24, 2.45) is 11.8 Å². The van der Waals surface area contributed by atoms with Gasteiger partial charge in [-0.2, -0.15) is 0 Å². The lowest BCUT2D eigenvalue weighted by Crippen LogP contribution is -2.44. The molecule has 2 fully saturated rings. The van der Waals surface area contributed by atoms with Crippen LogP contribution in [0, 0.1) is 25.7 Å². The lowest BCUT2D eigenvalue weighted by atomic mass is 9.56. The number of aryl methyl sites for hydroxylation is 2. The molecule has 1 saturated carbocycles. The second-order valence-corrected chi connectivity index (χ2v) is 7.74. The smallest absolute Gasteiger partial charge is 0.238 e. The van der Waals surface area contributed by atoms with Crippen molar-refractivity contribution in [1.82, 2.24) is 0 Å². The van der Waals surface area contributed by atoms with E-state index >= 15 is 0 Å². The van der Waals surface area contributed by atoms with E-state index in [0.717, 1.165) is 22.3 Å². The number of Topliss-reactive ketones (excluding diaryl/α,β-unsaturated/α-hetero) is 1. The Hall–Kier alpha value is -2.75. The number of benzene rings is 2. The van der Waals surface area contributed by atoms with Crippen molar-refractivity contribution in [2.75, 3.05) is 4.90 Å². The third-order valence-corrected chi connectivity index (χ3v) is 6.29. The summed E-state index contributed by atoms with van der Waals surface area (Å²) in [5.74, 6) is -1.90. The topological polar surface area (TPSA) is 54.5 Å². The molecular formula is C22H19NO3. The molecule has 1 heterocycles. The molecule has 130 valence electrons. The van der Waals surface area contributed by atoms with Crippen LogP contribution in [0.2, 0.25) is 0 Å². The van der Waals surface area contributed by atoms with Crippen molar-refractivity contribution in [3.05, 3.63) is 64.7 Å². The zero-order valence-electron chi connectivity index (χ0n) is 14.7. The van der Waals surface area contributed by atoms with Gasteiger partial charge in [0.1, 0.15) is 5.78 Å². The number of imide groups is 1. The minimum atomic E-state index is -0.552. The highest BCUT2D eigenvalue weighted by atomic mass is 16.2. The molecule has 0 aromatic heterocycles. The maximum Gasteiger partial charge on any atom is 0.238 e. The maximum atomic E-state index is 13.3. The third-order valence-electron chi connectivity index (χ3n) is 6.29. The van der Waals surface area contributed by atoms with Gasteiger partial charge >= 0.3 is 0 Å². The molecule has 4 unspecified atom stereocenters. The monoisotopic (exact) mass is 345 g/mol. The largest absolute Gasteiger partial charge is 0.299 e. The van der Waals surface area contributed by atoms with Crippen molar-refractivity contribution in [1.29, 1.82) is 0 Å². The van der Waals surface area contributed by atoms with Crippen LogP contribution in [0.4, 0.5) is 5.69 Å². The Morgan fingerprint density at radius 2 is 1.58 bits per heavy atom. The highest BCUT2D eigenvalue weighted by Crippen LogP contribution is 2.57. The van der Waals surface area contributed by atoms with E-state index < -0.39 is 17.8 Å². The first-order chi connectivity index (χ1) is 12.5. The number of hydrogen-bond donors (Lipinski definition) is 0. The number of hydrogen-bond acceptors (Lipinski definition) is 3. The average Bonchev–Trinajstić information content (AvgIpc) is 2.89. The van der Waals surface area contributed by atoms with Crippen molar-refractivity contribution >= 4 is 23.3 Å². The zero-order valence-corrected chi connectivity index (χ0v) is 14.7. The van der Waals surface area contributed by atoms with E-state index in [1.807, 2.05) is 56.3 Å². The number of carbonyl (C=O) groups is 3. The van der Waals surface area contributed by atoms with Gasteiger partial charge in [-0.3, -0.25) is 14.4 Å². The summed E-state index contributed by atoms with van der Waals surface area (Å²) in [6.45, 7) is 3.86. The van der Waals surface area contributed by atoms with Gasteiger partial charge in [0.2, 0.25) is 11.8 Å². The lowest BCUT2D eigenvalue weighted by molar-refractivity contribution is -0.134. The van der Waals surface area contributed by atoms with Crippen molar-refractivity contribution in [3.8, 4) is 0 Å². The molecule has 2 aromatic carbocycles. The van der Waals surface area contributed by atoms with Gasteiger partial charge in [-0.25, -0.2) is 4.90 Å². The summed E-state index contributed by atoms with van der Waals surface area (Å²) in [6, 6.07) is 13.6. The molecule has 2 bridgehead atoms. The number of nitrogens with zero attached hydrogens (tertiary/aromatic N) is 1. The van der Waals surface area contributed by atoms with Crippen LogP contribution in [0.5, 0.6) is 0 Å². The number of amides is 2. The van der Waals surface area contributed by atoms with E-state index in [1.54, 1.807) is 0 Å². The predicted octanol–water partition coefficient (Wildman–Crippen LogP) is 3.26. The van der Waals surface area contributed by atoms with Gasteiger partial charge in [0.25, 0.3) is 0 Å². The molecule has 4 aliphatic rings. The van der Waals surface area contributed by atoms with Crippen molar-refractivity contribution in [2.45, 2.75) is 32.1 Å². The Morgan fingerprint density at radius 1 is 0.885 bits per heavy atom. The highest BCUT2D eigenvalue weighted by Gasteiger charge is 2.62. The predicted molar refractivity (Wildman–Crippen MR) is 96.9 cm³/mol. The van der Waals surface area contributed by atoms with Gasteiger partial charge < -0.3 is 0 Å². The van der Waals surface area contributed by atoms with Crippen LogP contribution in [0.3, 0.4) is 0 Å². The number of carbonyl (C=O) groups excluding carboxylic acids is 3. The Kier molecular flexibility index (Phi) is 3.06. The minimum absolute atomic E-state index is 0.0962. The van der Waals surface area contributed by atoms with E-state index in [1.165, 1.54) is 4.90 Å². The molecule has 26 heavy (non-hydrogen) atoms. The van der Waals surface area contributed by atoms with Crippen LogP contribution in [-0.4, -0.2) is 17.6 Å². The molecule has 4 nitrogen and oxygen atoms in total. The van der Waals surface area contributed by atoms with Gasteiger partial charge in [-0.15, -0.1) is 0 Å². The van der Waals surface area contributed by atoms with Gasteiger partial charge in [-0.1, -0.05) is 36.4 Å². The van der Waals surface area contributed by atoms with E-state index in [2.05, 4.69) is 0 Å². The van der Waals surface area contributed by atoms with Crippen molar-refractivity contribution < 1.29 is 14.4 Å². The van der Waals surface area contributed by atoms with Gasteiger partial charge in [-0.05, 0) is 42.2 Å². The molecule has 2 amide bonds. The molecule has 0 spiro atoms. The summed E-state index contributed by atoms with van der Waals surface area (Å²) in [5, 5.41) is 0. The third kappa shape index (κ3) is 1.82.